The minimum absolute atomic E-state index is 0.443. The lowest BCUT2D eigenvalue weighted by Crippen LogP contribution is -2.14. The summed E-state index contributed by atoms with van der Waals surface area (Å²) in [7, 11) is 1.67. The predicted octanol–water partition coefficient (Wildman–Crippen LogP) is 4.22. The molecule has 0 amide bonds. The first-order valence-corrected chi connectivity index (χ1v) is 6.17. The number of nitrogens with one attached hydrogen (secondary N) is 1. The van der Waals surface area contributed by atoms with E-state index >= 15 is 0 Å². The molecule has 0 aliphatic rings. The highest BCUT2D eigenvalue weighted by molar-refractivity contribution is 9.10. The maximum Gasteiger partial charge on any atom is 0.133 e. The number of halogens is 1. The lowest BCUT2D eigenvalue weighted by Gasteiger charge is -2.15. The molecule has 1 N–H and O–H groups in total. The molecule has 1 rings (SSSR count). The maximum absolute atomic E-state index is 5.18. The Hall–Kier alpha value is -0.960. The van der Waals surface area contributed by atoms with Gasteiger partial charge < -0.3 is 10.1 Å². The molecular weight excluding hydrogens is 266 g/mol. The second-order valence-corrected chi connectivity index (χ2v) is 4.62. The third-order valence-corrected chi connectivity index (χ3v) is 2.99. The molecule has 0 radical (unpaired) electrons. The van der Waals surface area contributed by atoms with Gasteiger partial charge >= 0.3 is 0 Å². The Balaban J connectivity index is 2.60. The summed E-state index contributed by atoms with van der Waals surface area (Å²) < 4.78 is 6.15. The van der Waals surface area contributed by atoms with Crippen molar-refractivity contribution in [2.24, 2.45) is 0 Å². The van der Waals surface area contributed by atoms with Crippen LogP contribution in [0.4, 0.5) is 5.69 Å². The van der Waals surface area contributed by atoms with Crippen LogP contribution in [0.3, 0.4) is 0 Å². The fourth-order valence-corrected chi connectivity index (χ4v) is 2.02. The van der Waals surface area contributed by atoms with Crippen LogP contribution in [0.25, 0.3) is 0 Å². The molecule has 1 unspecified atom stereocenters. The number of methoxy groups -OCH3 is 1. The van der Waals surface area contributed by atoms with Crippen LogP contribution in [0.1, 0.15) is 19.8 Å². The topological polar surface area (TPSA) is 21.3 Å². The molecule has 2 nitrogen and oxygen atoms in total. The van der Waals surface area contributed by atoms with Gasteiger partial charge in [0, 0.05) is 11.7 Å². The second kappa shape index (κ2) is 6.59. The van der Waals surface area contributed by atoms with Crippen molar-refractivity contribution in [2.45, 2.75) is 25.8 Å². The molecule has 1 atom stereocenters. The molecule has 1 aromatic rings. The first-order chi connectivity index (χ1) is 7.67. The van der Waals surface area contributed by atoms with Crippen LogP contribution in [0.5, 0.6) is 5.75 Å². The first kappa shape index (κ1) is 13.1. The Morgan fingerprint density at radius 3 is 2.88 bits per heavy atom. The Labute approximate surface area is 106 Å². The highest BCUT2D eigenvalue weighted by Crippen LogP contribution is 2.28. The smallest absolute Gasteiger partial charge is 0.133 e. The van der Waals surface area contributed by atoms with Gasteiger partial charge in [-0.05, 0) is 53.9 Å². The highest BCUT2D eigenvalue weighted by atomic mass is 79.9. The molecule has 0 saturated heterocycles. The van der Waals surface area contributed by atoms with Gasteiger partial charge in [-0.3, -0.25) is 0 Å². The predicted molar refractivity (Wildman–Crippen MR) is 73.2 cm³/mol. The monoisotopic (exact) mass is 283 g/mol. The molecular formula is C13H18BrNO. The van der Waals surface area contributed by atoms with Crippen LogP contribution in [0.15, 0.2) is 35.3 Å². The van der Waals surface area contributed by atoms with Crippen molar-refractivity contribution in [3.63, 3.8) is 0 Å². The van der Waals surface area contributed by atoms with Crippen molar-refractivity contribution < 1.29 is 4.74 Å². The van der Waals surface area contributed by atoms with Crippen LogP contribution < -0.4 is 10.1 Å². The van der Waals surface area contributed by atoms with E-state index in [1.807, 2.05) is 24.3 Å². The number of ether oxygens (including phenoxy) is 1. The summed E-state index contributed by atoms with van der Waals surface area (Å²) in [6.45, 7) is 5.89. The third kappa shape index (κ3) is 3.89. The van der Waals surface area contributed by atoms with E-state index in [1.165, 1.54) is 0 Å². The maximum atomic E-state index is 5.18. The summed E-state index contributed by atoms with van der Waals surface area (Å²) in [5, 5.41) is 3.44. The van der Waals surface area contributed by atoms with E-state index in [2.05, 4.69) is 34.7 Å². The normalized spacial score (nSPS) is 11.9. The summed E-state index contributed by atoms with van der Waals surface area (Å²) in [6, 6.07) is 6.45. The summed E-state index contributed by atoms with van der Waals surface area (Å²) in [6.07, 6.45) is 4.07. The molecule has 3 heteroatoms. The fraction of sp³-hybridized carbons (Fsp3) is 0.385. The van der Waals surface area contributed by atoms with Crippen LogP contribution in [0.2, 0.25) is 0 Å². The van der Waals surface area contributed by atoms with E-state index in [0.717, 1.165) is 28.8 Å². The second-order valence-electron chi connectivity index (χ2n) is 3.76. The average molecular weight is 284 g/mol. The molecule has 0 aliphatic carbocycles. The van der Waals surface area contributed by atoms with Crippen molar-refractivity contribution in [2.75, 3.05) is 12.4 Å². The van der Waals surface area contributed by atoms with E-state index in [9.17, 15) is 0 Å². The third-order valence-electron chi connectivity index (χ3n) is 2.37. The number of allylic oxidation sites excluding steroid dienone is 1. The van der Waals surface area contributed by atoms with Gasteiger partial charge in [0.15, 0.2) is 0 Å². The van der Waals surface area contributed by atoms with Crippen molar-refractivity contribution in [3.05, 3.63) is 35.3 Å². The van der Waals surface area contributed by atoms with Gasteiger partial charge in [-0.15, -0.1) is 6.58 Å². The zero-order chi connectivity index (χ0) is 12.0. The van der Waals surface area contributed by atoms with Gasteiger partial charge in [0.1, 0.15) is 5.75 Å². The van der Waals surface area contributed by atoms with Gasteiger partial charge in [0.05, 0.1) is 11.6 Å². The number of benzene rings is 1. The van der Waals surface area contributed by atoms with Crippen molar-refractivity contribution in [1.82, 2.24) is 0 Å². The lowest BCUT2D eigenvalue weighted by molar-refractivity contribution is 0.412. The number of hydrogen-bond acceptors (Lipinski definition) is 2. The van der Waals surface area contributed by atoms with Crippen molar-refractivity contribution >= 4 is 21.6 Å². The van der Waals surface area contributed by atoms with Crippen LogP contribution in [0, 0.1) is 0 Å². The minimum atomic E-state index is 0.443. The number of anilines is 1. The molecule has 0 saturated carbocycles. The van der Waals surface area contributed by atoms with Gasteiger partial charge in [0.25, 0.3) is 0 Å². The molecule has 0 heterocycles. The molecule has 0 aliphatic heterocycles. The van der Waals surface area contributed by atoms with E-state index in [4.69, 9.17) is 4.74 Å². The largest absolute Gasteiger partial charge is 0.496 e. The van der Waals surface area contributed by atoms with E-state index in [-0.39, 0.29) is 0 Å². The molecule has 0 aromatic heterocycles. The quantitative estimate of drug-likeness (QED) is 0.789. The summed E-state index contributed by atoms with van der Waals surface area (Å²) in [5.74, 6) is 0.851. The zero-order valence-electron chi connectivity index (χ0n) is 9.79. The minimum Gasteiger partial charge on any atom is -0.496 e. The summed E-state index contributed by atoms with van der Waals surface area (Å²) in [5.41, 5.74) is 1.10. The molecule has 0 spiro atoms. The molecule has 16 heavy (non-hydrogen) atoms. The first-order valence-electron chi connectivity index (χ1n) is 5.38. The van der Waals surface area contributed by atoms with Crippen LogP contribution in [-0.2, 0) is 0 Å². The Bertz CT molecular complexity index is 352. The van der Waals surface area contributed by atoms with E-state index in [1.54, 1.807) is 7.11 Å². The van der Waals surface area contributed by atoms with E-state index in [0.29, 0.717) is 6.04 Å². The van der Waals surface area contributed by atoms with Gasteiger partial charge in [-0.1, -0.05) is 6.08 Å². The number of rotatable bonds is 6. The average Bonchev–Trinajstić information content (AvgIpc) is 2.26. The Morgan fingerprint density at radius 1 is 1.56 bits per heavy atom. The molecule has 0 fully saturated rings. The lowest BCUT2D eigenvalue weighted by atomic mass is 10.1. The molecule has 1 aromatic carbocycles. The van der Waals surface area contributed by atoms with Crippen LogP contribution >= 0.6 is 15.9 Å². The zero-order valence-corrected chi connectivity index (χ0v) is 11.4. The Kier molecular flexibility index (Phi) is 5.39. The van der Waals surface area contributed by atoms with Crippen molar-refractivity contribution in [3.8, 4) is 5.75 Å². The van der Waals surface area contributed by atoms with E-state index < -0.39 is 0 Å². The molecule has 0 bridgehead atoms. The SMILES string of the molecule is C=CCCC(C)Nc1ccc(OC)c(Br)c1. The number of hydrogen-bond donors (Lipinski definition) is 1. The van der Waals surface area contributed by atoms with Crippen LogP contribution in [-0.4, -0.2) is 13.2 Å². The Morgan fingerprint density at radius 2 is 2.31 bits per heavy atom. The summed E-state index contributed by atoms with van der Waals surface area (Å²) in [4.78, 5) is 0. The van der Waals surface area contributed by atoms with Gasteiger partial charge in [0.2, 0.25) is 0 Å². The highest BCUT2D eigenvalue weighted by Gasteiger charge is 2.04. The van der Waals surface area contributed by atoms with Gasteiger partial charge in [-0.2, -0.15) is 0 Å². The molecule has 88 valence electrons. The van der Waals surface area contributed by atoms with Crippen molar-refractivity contribution in [1.29, 1.82) is 0 Å². The summed E-state index contributed by atoms with van der Waals surface area (Å²) >= 11 is 3.47. The standard InChI is InChI=1S/C13H18BrNO/c1-4-5-6-10(2)15-11-7-8-13(16-3)12(14)9-11/h4,7-10,15H,1,5-6H2,2-3H3. The van der Waals surface area contributed by atoms with Gasteiger partial charge in [-0.25, -0.2) is 0 Å². The fourth-order valence-electron chi connectivity index (χ4n) is 1.48.